The van der Waals surface area contributed by atoms with Gasteiger partial charge in [0.1, 0.15) is 12.1 Å². The average molecular weight is 473 g/mol. The van der Waals surface area contributed by atoms with Crippen LogP contribution >= 0.6 is 0 Å². The van der Waals surface area contributed by atoms with E-state index in [0.717, 1.165) is 16.8 Å². The topological polar surface area (TPSA) is 132 Å². The zero-order chi connectivity index (χ0) is 23.4. The summed E-state index contributed by atoms with van der Waals surface area (Å²) in [4.78, 5) is 16.3. The van der Waals surface area contributed by atoms with Crippen molar-refractivity contribution in [1.29, 1.82) is 0 Å². The highest BCUT2D eigenvalue weighted by Gasteiger charge is 2.50. The van der Waals surface area contributed by atoms with E-state index in [-0.39, 0.29) is 23.8 Å². The van der Waals surface area contributed by atoms with Crippen LogP contribution in [-0.2, 0) is 28.3 Å². The summed E-state index contributed by atoms with van der Waals surface area (Å²) in [5.41, 5.74) is 1.64. The van der Waals surface area contributed by atoms with E-state index in [1.807, 2.05) is 6.08 Å². The Kier molecular flexibility index (Phi) is 4.94. The first-order valence-corrected chi connectivity index (χ1v) is 11.8. The first kappa shape index (κ1) is 21.5. The maximum atomic E-state index is 13.3. The summed E-state index contributed by atoms with van der Waals surface area (Å²) in [6.07, 6.45) is 5.86. The van der Waals surface area contributed by atoms with Crippen molar-refractivity contribution < 1.29 is 22.7 Å². The number of sulfonamides is 1. The molecule has 2 heterocycles. The molecular weight excluding hydrogens is 451 g/mol. The second kappa shape index (κ2) is 7.59. The number of rotatable bonds is 5. The van der Waals surface area contributed by atoms with E-state index in [4.69, 9.17) is 0 Å². The Morgan fingerprint density at radius 1 is 1.30 bits per heavy atom. The maximum Gasteiger partial charge on any atom is 0.314 e. The first-order chi connectivity index (χ1) is 15.7. The summed E-state index contributed by atoms with van der Waals surface area (Å²) in [6.45, 7) is 0. The molecule has 0 radical (unpaired) electrons. The molecule has 5 rings (SSSR count). The second-order valence-electron chi connectivity index (χ2n) is 8.44. The third-order valence-corrected chi connectivity index (χ3v) is 7.59. The van der Waals surface area contributed by atoms with E-state index in [0.29, 0.717) is 18.5 Å². The molecule has 1 saturated carbocycles. The van der Waals surface area contributed by atoms with Gasteiger partial charge in [-0.15, -0.1) is 5.10 Å². The van der Waals surface area contributed by atoms with E-state index in [1.165, 1.54) is 23.1 Å². The molecule has 2 aliphatic rings. The van der Waals surface area contributed by atoms with Crippen molar-refractivity contribution in [2.75, 3.05) is 0 Å². The minimum atomic E-state index is -3.98. The Hall–Kier alpha value is -3.38. The first-order valence-electron chi connectivity index (χ1n) is 10.3. The molecular formula is C21H21FN6O4S. The van der Waals surface area contributed by atoms with Crippen LogP contribution in [-0.4, -0.2) is 50.1 Å². The van der Waals surface area contributed by atoms with Crippen LogP contribution in [0.2, 0.25) is 0 Å². The molecule has 0 bridgehead atoms. The third-order valence-electron chi connectivity index (χ3n) is 6.28. The predicted molar refractivity (Wildman–Crippen MR) is 114 cm³/mol. The van der Waals surface area contributed by atoms with E-state index < -0.39 is 27.4 Å². The Balaban J connectivity index is 1.46. The molecule has 12 heteroatoms. The number of hydrogen-bond acceptors (Lipinski definition) is 6. The Morgan fingerprint density at radius 2 is 2.06 bits per heavy atom. The van der Waals surface area contributed by atoms with Crippen LogP contribution in [0, 0.1) is 11.2 Å². The molecule has 1 fully saturated rings. The van der Waals surface area contributed by atoms with E-state index in [9.17, 15) is 22.7 Å². The summed E-state index contributed by atoms with van der Waals surface area (Å²) in [6, 6.07) is 5.32. The molecule has 2 atom stereocenters. The van der Waals surface area contributed by atoms with Crippen molar-refractivity contribution >= 4 is 22.1 Å². The molecule has 10 nitrogen and oxygen atoms in total. The van der Waals surface area contributed by atoms with Gasteiger partial charge in [0, 0.05) is 13.1 Å². The lowest BCUT2D eigenvalue weighted by Crippen LogP contribution is -2.48. The smallest absolute Gasteiger partial charge is 0.314 e. The highest BCUT2D eigenvalue weighted by Crippen LogP contribution is 2.48. The Morgan fingerprint density at radius 3 is 2.73 bits per heavy atom. The van der Waals surface area contributed by atoms with Crippen LogP contribution in [0.15, 0.2) is 47.5 Å². The van der Waals surface area contributed by atoms with Crippen molar-refractivity contribution in [3.8, 4) is 5.69 Å². The predicted octanol–water partition coefficient (Wildman–Crippen LogP) is 1.68. The molecule has 2 aromatic heterocycles. The number of aliphatic carboxylic acids is 1. The highest BCUT2D eigenvalue weighted by molar-refractivity contribution is 7.89. The van der Waals surface area contributed by atoms with Crippen molar-refractivity contribution in [1.82, 2.24) is 29.3 Å². The second-order valence-corrected chi connectivity index (χ2v) is 10.0. The molecule has 3 aromatic rings. The fourth-order valence-corrected chi connectivity index (χ4v) is 5.86. The van der Waals surface area contributed by atoms with Gasteiger partial charge in [-0.1, -0.05) is 5.57 Å². The van der Waals surface area contributed by atoms with Crippen molar-refractivity contribution in [3.63, 3.8) is 0 Å². The van der Waals surface area contributed by atoms with Gasteiger partial charge in [0.2, 0.25) is 0 Å². The zero-order valence-electron chi connectivity index (χ0n) is 17.6. The minimum absolute atomic E-state index is 0.0986. The van der Waals surface area contributed by atoms with Crippen molar-refractivity contribution in [2.45, 2.75) is 36.9 Å². The lowest BCUT2D eigenvalue weighted by Gasteiger charge is -2.42. The number of nitrogens with zero attached hydrogens (tertiary/aromatic N) is 5. The van der Waals surface area contributed by atoms with Crippen LogP contribution in [0.25, 0.3) is 11.8 Å². The quantitative estimate of drug-likeness (QED) is 0.577. The monoisotopic (exact) mass is 472 g/mol. The zero-order valence-corrected chi connectivity index (χ0v) is 18.5. The molecule has 0 spiro atoms. The number of aryl methyl sites for hydroxylation is 1. The standard InChI is InChI=1S/C21H21FN6O4S/c1-27-12-23-20(25-27)33(31,32)26-16-5-2-14-8-18-13(9-21(14,10-16)19(29)30)11-24-28(18)17-6-3-15(22)4-7-17/h3-4,6-8,11-12,16,26H,2,5,9-10H2,1H3,(H,29,30)/t16-,21-/m0/s1. The fraction of sp³-hybridized carbons (Fsp3) is 0.333. The van der Waals surface area contributed by atoms with Crippen LogP contribution in [0.5, 0.6) is 0 Å². The molecule has 2 N–H and O–H groups in total. The summed E-state index contributed by atoms with van der Waals surface area (Å²) in [7, 11) is -2.41. The number of carboxylic acid groups (broad SMARTS) is 1. The SMILES string of the molecule is Cn1cnc(S(=O)(=O)N[C@H]2CCC3=Cc4c(cnn4-c4ccc(F)cc4)C[C@]3(C(=O)O)C2)n1. The van der Waals surface area contributed by atoms with Gasteiger partial charge in [-0.3, -0.25) is 9.48 Å². The molecule has 33 heavy (non-hydrogen) atoms. The molecule has 1 aromatic carbocycles. The largest absolute Gasteiger partial charge is 0.481 e. The van der Waals surface area contributed by atoms with Crippen LogP contribution in [0.1, 0.15) is 30.5 Å². The number of benzene rings is 1. The molecule has 0 amide bonds. The minimum Gasteiger partial charge on any atom is -0.481 e. The molecule has 2 aliphatic carbocycles. The van der Waals surface area contributed by atoms with Gasteiger partial charge in [-0.05, 0) is 61.6 Å². The molecule has 0 unspecified atom stereocenters. The number of fused-ring (bicyclic) bond motifs is 2. The highest BCUT2D eigenvalue weighted by atomic mass is 32.2. The number of nitrogens with one attached hydrogen (secondary N) is 1. The molecule has 172 valence electrons. The van der Waals surface area contributed by atoms with E-state index in [1.54, 1.807) is 30.1 Å². The summed E-state index contributed by atoms with van der Waals surface area (Å²) >= 11 is 0. The summed E-state index contributed by atoms with van der Waals surface area (Å²) < 4.78 is 44.2. The normalized spacial score (nSPS) is 22.4. The van der Waals surface area contributed by atoms with Gasteiger partial charge in [0.15, 0.2) is 0 Å². The average Bonchev–Trinajstić information content (AvgIpc) is 3.38. The Bertz CT molecular complexity index is 1380. The summed E-state index contributed by atoms with van der Waals surface area (Å²) in [5, 5.41) is 18.1. The Labute approximate surface area is 188 Å². The van der Waals surface area contributed by atoms with Gasteiger partial charge >= 0.3 is 5.97 Å². The van der Waals surface area contributed by atoms with E-state index >= 15 is 0 Å². The van der Waals surface area contributed by atoms with Crippen LogP contribution in [0.4, 0.5) is 4.39 Å². The maximum absolute atomic E-state index is 13.3. The van der Waals surface area contributed by atoms with Gasteiger partial charge < -0.3 is 5.11 Å². The van der Waals surface area contributed by atoms with Crippen LogP contribution < -0.4 is 4.72 Å². The van der Waals surface area contributed by atoms with Gasteiger partial charge in [0.25, 0.3) is 15.2 Å². The van der Waals surface area contributed by atoms with Crippen molar-refractivity contribution in [3.05, 3.63) is 59.4 Å². The third kappa shape index (κ3) is 3.64. The number of carboxylic acids is 1. The lowest BCUT2D eigenvalue weighted by atomic mass is 9.63. The summed E-state index contributed by atoms with van der Waals surface area (Å²) in [5.74, 6) is -1.36. The fourth-order valence-electron chi connectivity index (χ4n) is 4.69. The van der Waals surface area contributed by atoms with E-state index in [2.05, 4.69) is 19.9 Å². The number of aromatic nitrogens is 5. The van der Waals surface area contributed by atoms with Crippen LogP contribution in [0.3, 0.4) is 0 Å². The van der Waals surface area contributed by atoms with Gasteiger partial charge in [-0.25, -0.2) is 27.2 Å². The number of hydrogen-bond donors (Lipinski definition) is 2. The number of halogens is 1. The molecule has 0 saturated heterocycles. The number of carbonyl (C=O) groups is 1. The van der Waals surface area contributed by atoms with Gasteiger partial charge in [0.05, 0.1) is 23.0 Å². The lowest BCUT2D eigenvalue weighted by molar-refractivity contribution is -0.148. The molecule has 0 aliphatic heterocycles. The van der Waals surface area contributed by atoms with Gasteiger partial charge in [-0.2, -0.15) is 5.10 Å². The van der Waals surface area contributed by atoms with Crippen molar-refractivity contribution in [2.24, 2.45) is 12.5 Å².